The summed E-state index contributed by atoms with van der Waals surface area (Å²) in [5.74, 6) is 0. The Bertz CT molecular complexity index is 375. The summed E-state index contributed by atoms with van der Waals surface area (Å²) >= 11 is 0. The van der Waals surface area contributed by atoms with Crippen molar-refractivity contribution in [2.24, 2.45) is 0 Å². The summed E-state index contributed by atoms with van der Waals surface area (Å²) in [5.41, 5.74) is 3.79. The lowest BCUT2D eigenvalue weighted by Crippen LogP contribution is -2.20. The van der Waals surface area contributed by atoms with Crippen LogP contribution >= 0.6 is 0 Å². The van der Waals surface area contributed by atoms with Gasteiger partial charge in [-0.25, -0.2) is 0 Å². The summed E-state index contributed by atoms with van der Waals surface area (Å²) < 4.78 is 0. The molecule has 13 heavy (non-hydrogen) atoms. The van der Waals surface area contributed by atoms with Gasteiger partial charge in [-0.1, -0.05) is 59.4 Å². The minimum absolute atomic E-state index is 0.00296. The molecule has 1 aromatic rings. The third kappa shape index (κ3) is 2.23. The predicted molar refractivity (Wildman–Crippen MR) is 66.0 cm³/mol. The van der Waals surface area contributed by atoms with Crippen LogP contribution in [0.25, 0.3) is 6.08 Å². The zero-order valence-electron chi connectivity index (χ0n) is 7.48. The molecule has 0 saturated carbocycles. The smallest absolute Gasteiger partial charge is 0.0630 e. The molecule has 0 amide bonds. The fourth-order valence-electron chi connectivity index (χ4n) is 1.44. The minimum atomic E-state index is 0.00296. The van der Waals surface area contributed by atoms with Gasteiger partial charge in [-0.05, 0) is 14.2 Å². The first-order valence-corrected chi connectivity index (χ1v) is 9.18. The summed E-state index contributed by atoms with van der Waals surface area (Å²) in [7, 11) is 0.577. The molecule has 0 aromatic heterocycles. The van der Waals surface area contributed by atoms with Crippen LogP contribution in [0.3, 0.4) is 0 Å². The molecule has 1 aliphatic rings. The van der Waals surface area contributed by atoms with E-state index in [1.54, 1.807) is 5.19 Å². The van der Waals surface area contributed by atoms with E-state index in [4.69, 9.17) is 0 Å². The maximum absolute atomic E-state index is 2.36. The first-order valence-electron chi connectivity index (χ1n) is 4.54. The van der Waals surface area contributed by atoms with E-state index < -0.39 is 0 Å². The number of hydrogen-bond donors (Lipinski definition) is 0. The van der Waals surface area contributed by atoms with E-state index in [2.05, 4.69) is 54.2 Å². The molecule has 0 spiro atoms. The van der Waals surface area contributed by atoms with Crippen molar-refractivity contribution < 1.29 is 0 Å². The monoisotopic (exact) mass is 200 g/mol. The van der Waals surface area contributed by atoms with E-state index in [1.807, 2.05) is 0 Å². The zero-order valence-corrected chi connectivity index (χ0v) is 10.0. The standard InChI is InChI=1S/C11H12Si2/c1-2-6-10-7-3-4-8-11(10)13-12-9-5-1/h1-9,12H,13H2. The lowest BCUT2D eigenvalue weighted by molar-refractivity contribution is 1.72. The van der Waals surface area contributed by atoms with Gasteiger partial charge < -0.3 is 0 Å². The highest BCUT2D eigenvalue weighted by molar-refractivity contribution is 7.09. The molecule has 1 heterocycles. The number of benzene rings is 1. The molecule has 0 aliphatic carbocycles. The fourth-order valence-corrected chi connectivity index (χ4v) is 5.62. The fraction of sp³-hybridized carbons (Fsp3) is 0. The van der Waals surface area contributed by atoms with Crippen LogP contribution in [-0.4, -0.2) is 23.4 Å². The van der Waals surface area contributed by atoms with Crippen LogP contribution in [0.5, 0.6) is 0 Å². The molecular weight excluding hydrogens is 188 g/mol. The topological polar surface area (TPSA) is 0 Å². The van der Waals surface area contributed by atoms with Crippen molar-refractivity contribution >= 4 is 34.6 Å². The molecule has 2 rings (SSSR count). The molecule has 0 radical (unpaired) electrons. The van der Waals surface area contributed by atoms with Crippen molar-refractivity contribution in [3.8, 4) is 0 Å². The maximum atomic E-state index is 2.36. The molecule has 0 fully saturated rings. The Hall–Kier alpha value is -0.996. The molecule has 2 heteroatoms. The van der Waals surface area contributed by atoms with E-state index in [9.17, 15) is 0 Å². The molecule has 0 nitrogen and oxygen atoms in total. The minimum Gasteiger partial charge on any atom is -0.0881 e. The molecule has 1 aromatic carbocycles. The van der Waals surface area contributed by atoms with Crippen molar-refractivity contribution in [2.75, 3.05) is 0 Å². The number of hydrogen-bond acceptors (Lipinski definition) is 0. The molecule has 0 saturated heterocycles. The predicted octanol–water partition coefficient (Wildman–Crippen LogP) is 0.217. The third-order valence-electron chi connectivity index (χ3n) is 2.14. The van der Waals surface area contributed by atoms with Gasteiger partial charge in [0, 0.05) is 0 Å². The van der Waals surface area contributed by atoms with Gasteiger partial charge in [-0.3, -0.25) is 0 Å². The number of allylic oxidation sites excluding steroid dienone is 3. The van der Waals surface area contributed by atoms with Crippen molar-refractivity contribution in [1.82, 2.24) is 0 Å². The highest BCUT2D eigenvalue weighted by Gasteiger charge is 1.96. The first kappa shape index (κ1) is 8.60. The van der Waals surface area contributed by atoms with E-state index in [1.165, 1.54) is 5.56 Å². The molecule has 0 unspecified atom stereocenters. The summed E-state index contributed by atoms with van der Waals surface area (Å²) in [6, 6.07) is 8.79. The SMILES string of the molecule is C1=CC=[SiH][SiH2]c2ccccc2C=C1. The highest BCUT2D eigenvalue weighted by atomic mass is 29.1. The van der Waals surface area contributed by atoms with Crippen LogP contribution in [0.15, 0.2) is 42.5 Å². The lowest BCUT2D eigenvalue weighted by Gasteiger charge is -2.00. The van der Waals surface area contributed by atoms with Gasteiger partial charge in [0.05, 0.1) is 9.04 Å². The van der Waals surface area contributed by atoms with E-state index in [0.29, 0.717) is 8.65 Å². The van der Waals surface area contributed by atoms with Crippen LogP contribution in [-0.2, 0) is 0 Å². The summed E-state index contributed by atoms with van der Waals surface area (Å²) in [4.78, 5) is 0. The molecule has 0 atom stereocenters. The highest BCUT2D eigenvalue weighted by Crippen LogP contribution is 1.98. The van der Waals surface area contributed by atoms with Gasteiger partial charge in [0.25, 0.3) is 0 Å². The average Bonchev–Trinajstić information content (AvgIpc) is 2.28. The van der Waals surface area contributed by atoms with Crippen molar-refractivity contribution in [3.63, 3.8) is 0 Å². The molecule has 1 aliphatic heterocycles. The molecular formula is C11H12Si2. The van der Waals surface area contributed by atoms with Crippen LogP contribution < -0.4 is 5.19 Å². The molecule has 0 bridgehead atoms. The Morgan fingerprint density at radius 3 is 2.92 bits per heavy atom. The van der Waals surface area contributed by atoms with Crippen LogP contribution in [0, 0.1) is 0 Å². The van der Waals surface area contributed by atoms with E-state index in [-0.39, 0.29) is 9.04 Å². The van der Waals surface area contributed by atoms with Gasteiger partial charge in [0.15, 0.2) is 0 Å². The summed E-state index contributed by atoms with van der Waals surface area (Å²) in [6.45, 7) is 0. The second-order valence-electron chi connectivity index (χ2n) is 3.08. The van der Waals surface area contributed by atoms with Crippen molar-refractivity contribution in [1.29, 1.82) is 0 Å². The molecule has 0 N–H and O–H groups in total. The van der Waals surface area contributed by atoms with Crippen molar-refractivity contribution in [3.05, 3.63) is 48.1 Å². The number of rotatable bonds is 0. The summed E-state index contributed by atoms with van der Waals surface area (Å²) in [5, 5.41) is 1.62. The average molecular weight is 200 g/mol. The summed E-state index contributed by atoms with van der Waals surface area (Å²) in [6.07, 6.45) is 8.67. The number of fused-ring (bicyclic) bond motifs is 1. The van der Waals surface area contributed by atoms with Crippen molar-refractivity contribution in [2.45, 2.75) is 0 Å². The largest absolute Gasteiger partial charge is 0.0881 e. The van der Waals surface area contributed by atoms with Gasteiger partial charge in [0.1, 0.15) is 0 Å². The van der Waals surface area contributed by atoms with Crippen LogP contribution in [0.2, 0.25) is 0 Å². The Balaban J connectivity index is 2.44. The van der Waals surface area contributed by atoms with Gasteiger partial charge >= 0.3 is 0 Å². The molecule has 64 valence electrons. The first-order chi connectivity index (χ1) is 6.47. The Kier molecular flexibility index (Phi) is 2.84. The van der Waals surface area contributed by atoms with Gasteiger partial charge in [-0.2, -0.15) is 0 Å². The second kappa shape index (κ2) is 4.30. The van der Waals surface area contributed by atoms with E-state index in [0.717, 1.165) is 0 Å². The van der Waals surface area contributed by atoms with Crippen LogP contribution in [0.1, 0.15) is 5.56 Å². The second-order valence-corrected chi connectivity index (χ2v) is 7.74. The third-order valence-corrected chi connectivity index (χ3v) is 6.80. The lowest BCUT2D eigenvalue weighted by atomic mass is 10.2. The normalized spacial score (nSPS) is 16.3. The van der Waals surface area contributed by atoms with Crippen LogP contribution in [0.4, 0.5) is 0 Å². The quantitative estimate of drug-likeness (QED) is 0.526. The van der Waals surface area contributed by atoms with E-state index >= 15 is 0 Å². The van der Waals surface area contributed by atoms with Gasteiger partial charge in [-0.15, -0.1) is 0 Å². The maximum Gasteiger partial charge on any atom is 0.0630 e. The Labute approximate surface area is 83.0 Å². The Morgan fingerprint density at radius 2 is 1.92 bits per heavy atom. The Morgan fingerprint density at radius 1 is 1.00 bits per heavy atom. The zero-order chi connectivity index (χ0) is 8.93. The van der Waals surface area contributed by atoms with Gasteiger partial charge in [0.2, 0.25) is 0 Å².